The van der Waals surface area contributed by atoms with Crippen LogP contribution in [-0.4, -0.2) is 47.9 Å². The van der Waals surface area contributed by atoms with E-state index in [-0.39, 0.29) is 12.4 Å². The highest BCUT2D eigenvalue weighted by Crippen LogP contribution is 2.34. The molecule has 4 N–H and O–H groups in total. The molecule has 1 aromatic rings. The largest absolute Gasteiger partial charge is 0.480 e. The summed E-state index contributed by atoms with van der Waals surface area (Å²) in [7, 11) is 1.31. The molecular weight excluding hydrogens is 352 g/mol. The molecule has 1 saturated carbocycles. The lowest BCUT2D eigenvalue weighted by Gasteiger charge is -2.37. The highest BCUT2D eigenvalue weighted by atomic mass is 16.6. The number of amides is 1. The van der Waals surface area contributed by atoms with Crippen LogP contribution in [0, 0.1) is 0 Å². The highest BCUT2D eigenvalue weighted by molar-refractivity contribution is 5.80. The van der Waals surface area contributed by atoms with Crippen molar-refractivity contribution in [3.8, 4) is 0 Å². The molecule has 2 rings (SSSR count). The third-order valence-electron chi connectivity index (χ3n) is 4.20. The zero-order chi connectivity index (χ0) is 20.4. The lowest BCUT2D eigenvalue weighted by Crippen LogP contribution is -2.47. The number of alkyl carbamates (subject to hydrolysis) is 1. The number of benzene rings is 1. The van der Waals surface area contributed by atoms with Gasteiger partial charge in [-0.3, -0.25) is 4.79 Å². The van der Waals surface area contributed by atoms with E-state index in [1.807, 2.05) is 37.3 Å². The lowest BCUT2D eigenvalue weighted by molar-refractivity contribution is -0.141. The Morgan fingerprint density at radius 1 is 1.26 bits per heavy atom. The molecule has 8 heteroatoms. The predicted molar refractivity (Wildman–Crippen MR) is 99.1 cm³/mol. The second-order valence-electron chi connectivity index (χ2n) is 6.73. The van der Waals surface area contributed by atoms with Gasteiger partial charge in [0.2, 0.25) is 0 Å². The smallest absolute Gasteiger partial charge is 0.408 e. The molecule has 2 atom stereocenters. The summed E-state index contributed by atoms with van der Waals surface area (Å²) in [4.78, 5) is 33.1. The Labute approximate surface area is 159 Å². The van der Waals surface area contributed by atoms with Gasteiger partial charge in [0.25, 0.3) is 0 Å². The van der Waals surface area contributed by atoms with E-state index < -0.39 is 29.7 Å². The minimum absolute atomic E-state index is 0.238. The number of methoxy groups -OCH3 is 1. The lowest BCUT2D eigenvalue weighted by atomic mass is 9.82. The molecule has 0 spiro atoms. The molecule has 8 nitrogen and oxygen atoms in total. The maximum Gasteiger partial charge on any atom is 0.408 e. The monoisotopic (exact) mass is 380 g/mol. The van der Waals surface area contributed by atoms with Gasteiger partial charge in [0.15, 0.2) is 0 Å². The van der Waals surface area contributed by atoms with Gasteiger partial charge < -0.3 is 25.6 Å². The van der Waals surface area contributed by atoms with Crippen molar-refractivity contribution in [1.82, 2.24) is 5.32 Å². The summed E-state index contributed by atoms with van der Waals surface area (Å²) in [5.41, 5.74) is 5.50. The fourth-order valence-corrected chi connectivity index (χ4v) is 2.41. The molecule has 0 aliphatic heterocycles. The van der Waals surface area contributed by atoms with E-state index in [1.165, 1.54) is 7.11 Å². The number of carbonyl (C=O) groups is 3. The molecule has 0 aromatic heterocycles. The third kappa shape index (κ3) is 8.08. The van der Waals surface area contributed by atoms with Gasteiger partial charge in [0.1, 0.15) is 17.7 Å². The molecule has 0 radical (unpaired) electrons. The summed E-state index contributed by atoms with van der Waals surface area (Å²) < 4.78 is 9.53. The second-order valence-corrected chi connectivity index (χ2v) is 6.73. The summed E-state index contributed by atoms with van der Waals surface area (Å²) in [5.74, 6) is -1.44. The second kappa shape index (κ2) is 10.5. The van der Waals surface area contributed by atoms with Crippen molar-refractivity contribution >= 4 is 18.0 Å². The van der Waals surface area contributed by atoms with Crippen LogP contribution in [0.25, 0.3) is 0 Å². The Balaban J connectivity index is 0.000000445. The molecule has 0 unspecified atom stereocenters. The summed E-state index contributed by atoms with van der Waals surface area (Å²) >= 11 is 0. The first kappa shape index (κ1) is 22.4. The van der Waals surface area contributed by atoms with Crippen LogP contribution >= 0.6 is 0 Å². The zero-order valence-electron chi connectivity index (χ0n) is 15.9. The number of carboxylic acids is 1. The number of hydrogen-bond acceptors (Lipinski definition) is 6. The number of aliphatic carboxylic acids is 1. The molecule has 0 saturated heterocycles. The number of ether oxygens (including phenoxy) is 2. The van der Waals surface area contributed by atoms with Crippen LogP contribution in [0.2, 0.25) is 0 Å². The quantitative estimate of drug-likeness (QED) is 0.643. The van der Waals surface area contributed by atoms with E-state index in [0.29, 0.717) is 0 Å². The van der Waals surface area contributed by atoms with Crippen LogP contribution in [0.5, 0.6) is 0 Å². The normalized spacial score (nSPS) is 16.4. The molecule has 1 aliphatic rings. The molecule has 1 aromatic carbocycles. The fourth-order valence-electron chi connectivity index (χ4n) is 2.41. The van der Waals surface area contributed by atoms with Gasteiger partial charge in [-0.15, -0.1) is 0 Å². The van der Waals surface area contributed by atoms with Crippen molar-refractivity contribution in [2.45, 2.75) is 57.2 Å². The van der Waals surface area contributed by atoms with Gasteiger partial charge >= 0.3 is 18.0 Å². The Hall–Kier alpha value is -2.61. The van der Waals surface area contributed by atoms with Crippen LogP contribution in [-0.2, 0) is 25.5 Å². The first-order valence-corrected chi connectivity index (χ1v) is 8.76. The number of esters is 1. The molecule has 1 amide bonds. The van der Waals surface area contributed by atoms with Crippen LogP contribution in [0.4, 0.5) is 4.79 Å². The van der Waals surface area contributed by atoms with E-state index in [1.54, 1.807) is 6.92 Å². The van der Waals surface area contributed by atoms with E-state index in [0.717, 1.165) is 24.8 Å². The summed E-state index contributed by atoms with van der Waals surface area (Å²) in [6.07, 6.45) is 2.28. The maximum atomic E-state index is 11.8. The SMILES string of the molecule is CC1(OC(=O)N[C@@H](Cc2ccccc2)C(=O)O)CCC1.COC(=O)[C@H](C)N. The zero-order valence-corrected chi connectivity index (χ0v) is 15.9. The van der Waals surface area contributed by atoms with Gasteiger partial charge in [0, 0.05) is 6.42 Å². The Morgan fingerprint density at radius 2 is 1.85 bits per heavy atom. The number of carboxylic acid groups (broad SMARTS) is 1. The number of hydrogen-bond donors (Lipinski definition) is 3. The Kier molecular flexibility index (Phi) is 8.74. The highest BCUT2D eigenvalue weighted by Gasteiger charge is 2.36. The van der Waals surface area contributed by atoms with E-state index in [9.17, 15) is 19.5 Å². The number of rotatable bonds is 6. The van der Waals surface area contributed by atoms with E-state index in [2.05, 4.69) is 10.1 Å². The minimum atomic E-state index is -1.07. The first-order valence-electron chi connectivity index (χ1n) is 8.76. The van der Waals surface area contributed by atoms with Crippen LogP contribution in [0.3, 0.4) is 0 Å². The standard InChI is InChI=1S/C15H19NO4.C4H9NO2/c1-15(8-5-9-15)20-14(19)16-12(13(17)18)10-11-6-3-2-4-7-11;1-3(5)4(6)7-2/h2-4,6-7,12H,5,8-10H2,1H3,(H,16,19)(H,17,18);3H,5H2,1-2H3/t12-;3-/m00/s1. The van der Waals surface area contributed by atoms with Crippen molar-refractivity contribution in [2.24, 2.45) is 5.73 Å². The molecule has 0 bridgehead atoms. The molecule has 1 fully saturated rings. The van der Waals surface area contributed by atoms with Gasteiger partial charge in [-0.05, 0) is 38.7 Å². The predicted octanol–water partition coefficient (Wildman–Crippen LogP) is 1.86. The molecular formula is C19H28N2O6. The van der Waals surface area contributed by atoms with Gasteiger partial charge in [-0.25, -0.2) is 9.59 Å². The van der Waals surface area contributed by atoms with Crippen molar-refractivity contribution in [2.75, 3.05) is 7.11 Å². The molecule has 1 aliphatic carbocycles. The Bertz CT molecular complexity index is 628. The molecule has 27 heavy (non-hydrogen) atoms. The van der Waals surface area contributed by atoms with E-state index in [4.69, 9.17) is 10.5 Å². The van der Waals surface area contributed by atoms with Crippen molar-refractivity contribution in [3.05, 3.63) is 35.9 Å². The topological polar surface area (TPSA) is 128 Å². The average Bonchev–Trinajstić information content (AvgIpc) is 2.60. The summed E-state index contributed by atoms with van der Waals surface area (Å²) in [6, 6.07) is 7.72. The van der Waals surface area contributed by atoms with Gasteiger partial charge in [0.05, 0.1) is 7.11 Å². The van der Waals surface area contributed by atoms with Crippen molar-refractivity contribution in [1.29, 1.82) is 0 Å². The Morgan fingerprint density at radius 3 is 2.22 bits per heavy atom. The third-order valence-corrected chi connectivity index (χ3v) is 4.20. The van der Waals surface area contributed by atoms with Crippen molar-refractivity contribution < 1.29 is 29.0 Å². The van der Waals surface area contributed by atoms with Crippen LogP contribution in [0.1, 0.15) is 38.7 Å². The summed E-state index contributed by atoms with van der Waals surface area (Å²) in [6.45, 7) is 3.44. The number of carbonyl (C=O) groups excluding carboxylic acids is 2. The van der Waals surface area contributed by atoms with Crippen LogP contribution in [0.15, 0.2) is 30.3 Å². The maximum absolute atomic E-state index is 11.8. The molecule has 150 valence electrons. The van der Waals surface area contributed by atoms with Gasteiger partial charge in [-0.1, -0.05) is 30.3 Å². The molecule has 0 heterocycles. The number of nitrogens with two attached hydrogens (primary N) is 1. The van der Waals surface area contributed by atoms with Crippen molar-refractivity contribution in [3.63, 3.8) is 0 Å². The average molecular weight is 380 g/mol. The fraction of sp³-hybridized carbons (Fsp3) is 0.526. The van der Waals surface area contributed by atoms with Crippen LogP contribution < -0.4 is 11.1 Å². The minimum Gasteiger partial charge on any atom is -0.480 e. The van der Waals surface area contributed by atoms with Gasteiger partial charge in [-0.2, -0.15) is 0 Å². The first-order chi connectivity index (χ1) is 12.7. The number of nitrogens with one attached hydrogen (secondary N) is 1. The van der Waals surface area contributed by atoms with E-state index >= 15 is 0 Å². The summed E-state index contributed by atoms with van der Waals surface area (Å²) in [5, 5.41) is 11.6.